The molecule has 3 rings (SSSR count). The number of carbonyl (C=O) groups is 2. The average molecular weight is 466 g/mol. The van der Waals surface area contributed by atoms with Gasteiger partial charge >= 0.3 is 0 Å². The van der Waals surface area contributed by atoms with Crippen LogP contribution in [0.4, 0.5) is 0 Å². The molecule has 1 amide bonds. The number of nitrogens with one attached hydrogen (secondary N) is 1. The molecule has 0 saturated carbocycles. The average Bonchev–Trinajstić information content (AvgIpc) is 3.20. The number of aromatic nitrogens is 3. The van der Waals surface area contributed by atoms with Crippen molar-refractivity contribution in [3.8, 4) is 6.07 Å². The SMILES string of the molecule is C=CCn1c(SCC(=O)c2ccc(C#N)cc2)nnc1[C@@H](C)NC(=O)c1ccc(Cl)cc1. The molecule has 0 radical (unpaired) electrons. The van der Waals surface area contributed by atoms with Crippen LogP contribution in [0.2, 0.25) is 5.02 Å². The van der Waals surface area contributed by atoms with E-state index in [9.17, 15) is 9.59 Å². The van der Waals surface area contributed by atoms with Crippen molar-refractivity contribution in [1.29, 1.82) is 5.26 Å². The van der Waals surface area contributed by atoms with E-state index in [1.54, 1.807) is 54.6 Å². The Bertz CT molecular complexity index is 1170. The summed E-state index contributed by atoms with van der Waals surface area (Å²) in [5.74, 6) is 0.374. The molecule has 1 aromatic heterocycles. The van der Waals surface area contributed by atoms with Crippen LogP contribution in [0.5, 0.6) is 0 Å². The van der Waals surface area contributed by atoms with Gasteiger partial charge in [0.15, 0.2) is 16.8 Å². The lowest BCUT2D eigenvalue weighted by Gasteiger charge is -2.15. The zero-order chi connectivity index (χ0) is 23.1. The van der Waals surface area contributed by atoms with Gasteiger partial charge in [-0.1, -0.05) is 41.6 Å². The fourth-order valence-electron chi connectivity index (χ4n) is 2.92. The highest BCUT2D eigenvalue weighted by Gasteiger charge is 2.20. The zero-order valence-corrected chi connectivity index (χ0v) is 18.9. The van der Waals surface area contributed by atoms with Crippen molar-refractivity contribution in [3.63, 3.8) is 0 Å². The third kappa shape index (κ3) is 5.63. The Morgan fingerprint density at radius 1 is 1.19 bits per heavy atom. The van der Waals surface area contributed by atoms with Gasteiger partial charge in [0.1, 0.15) is 0 Å². The zero-order valence-electron chi connectivity index (χ0n) is 17.3. The lowest BCUT2D eigenvalue weighted by Crippen LogP contribution is -2.28. The summed E-state index contributed by atoms with van der Waals surface area (Å²) in [6.07, 6.45) is 1.70. The summed E-state index contributed by atoms with van der Waals surface area (Å²) in [5.41, 5.74) is 1.51. The molecule has 162 valence electrons. The van der Waals surface area contributed by atoms with E-state index in [1.807, 2.05) is 17.6 Å². The first-order valence-corrected chi connectivity index (χ1v) is 11.1. The van der Waals surface area contributed by atoms with Gasteiger partial charge in [-0.3, -0.25) is 9.59 Å². The molecule has 1 N–H and O–H groups in total. The number of carbonyl (C=O) groups excluding carboxylic acids is 2. The van der Waals surface area contributed by atoms with Crippen molar-refractivity contribution in [2.45, 2.75) is 24.7 Å². The van der Waals surface area contributed by atoms with Crippen LogP contribution < -0.4 is 5.32 Å². The van der Waals surface area contributed by atoms with Crippen molar-refractivity contribution in [3.05, 3.63) is 88.7 Å². The molecule has 1 atom stereocenters. The number of halogens is 1. The Labute approximate surface area is 195 Å². The van der Waals surface area contributed by atoms with Crippen LogP contribution in [0.3, 0.4) is 0 Å². The summed E-state index contributed by atoms with van der Waals surface area (Å²) in [4.78, 5) is 25.0. The number of rotatable bonds is 9. The molecule has 3 aromatic rings. The van der Waals surface area contributed by atoms with E-state index >= 15 is 0 Å². The fraction of sp³-hybridized carbons (Fsp3) is 0.174. The highest BCUT2D eigenvalue weighted by Crippen LogP contribution is 2.22. The first kappa shape index (κ1) is 23.3. The molecule has 1 heterocycles. The van der Waals surface area contributed by atoms with Crippen LogP contribution >= 0.6 is 23.4 Å². The highest BCUT2D eigenvalue weighted by atomic mass is 35.5. The number of hydrogen-bond acceptors (Lipinski definition) is 6. The number of ketones is 1. The van der Waals surface area contributed by atoms with Gasteiger partial charge in [-0.25, -0.2) is 0 Å². The monoisotopic (exact) mass is 465 g/mol. The summed E-state index contributed by atoms with van der Waals surface area (Å²) >= 11 is 7.13. The second-order valence-electron chi connectivity index (χ2n) is 6.84. The lowest BCUT2D eigenvalue weighted by molar-refractivity contribution is 0.0937. The van der Waals surface area contributed by atoms with Crippen molar-refractivity contribution in [1.82, 2.24) is 20.1 Å². The maximum atomic E-state index is 12.5. The minimum absolute atomic E-state index is 0.0849. The van der Waals surface area contributed by atoms with Crippen LogP contribution in [-0.4, -0.2) is 32.2 Å². The van der Waals surface area contributed by atoms with E-state index < -0.39 is 6.04 Å². The van der Waals surface area contributed by atoms with E-state index in [0.29, 0.717) is 39.2 Å². The number of nitrogens with zero attached hydrogens (tertiary/aromatic N) is 4. The van der Waals surface area contributed by atoms with Gasteiger partial charge in [-0.2, -0.15) is 5.26 Å². The molecule has 7 nitrogen and oxygen atoms in total. The smallest absolute Gasteiger partial charge is 0.251 e. The van der Waals surface area contributed by atoms with Gasteiger partial charge in [0.25, 0.3) is 5.91 Å². The second kappa shape index (κ2) is 10.8. The maximum absolute atomic E-state index is 12.5. The summed E-state index contributed by atoms with van der Waals surface area (Å²) in [6, 6.07) is 14.7. The fourth-order valence-corrected chi connectivity index (χ4v) is 3.89. The lowest BCUT2D eigenvalue weighted by atomic mass is 10.1. The Morgan fingerprint density at radius 2 is 1.84 bits per heavy atom. The van der Waals surface area contributed by atoms with E-state index in [4.69, 9.17) is 16.9 Å². The Kier molecular flexibility index (Phi) is 7.82. The summed E-state index contributed by atoms with van der Waals surface area (Å²) in [6.45, 7) is 6.01. The predicted molar refractivity (Wildman–Crippen MR) is 124 cm³/mol. The minimum Gasteiger partial charge on any atom is -0.342 e. The van der Waals surface area contributed by atoms with Crippen molar-refractivity contribution in [2.75, 3.05) is 5.75 Å². The van der Waals surface area contributed by atoms with Crippen molar-refractivity contribution < 1.29 is 9.59 Å². The Balaban J connectivity index is 1.70. The number of thioether (sulfide) groups is 1. The molecule has 2 aromatic carbocycles. The van der Waals surface area contributed by atoms with Gasteiger partial charge in [-0.15, -0.1) is 16.8 Å². The highest BCUT2D eigenvalue weighted by molar-refractivity contribution is 7.99. The molecule has 9 heteroatoms. The molecular formula is C23H20ClN5O2S. The predicted octanol–water partition coefficient (Wildman–Crippen LogP) is 4.46. The molecule has 0 aliphatic rings. The van der Waals surface area contributed by atoms with E-state index in [0.717, 1.165) is 0 Å². The van der Waals surface area contributed by atoms with Gasteiger partial charge in [0.05, 0.1) is 23.4 Å². The first-order valence-electron chi connectivity index (χ1n) is 9.69. The Morgan fingerprint density at radius 3 is 2.47 bits per heavy atom. The topological polar surface area (TPSA) is 101 Å². The summed E-state index contributed by atoms with van der Waals surface area (Å²) < 4.78 is 1.82. The number of amides is 1. The summed E-state index contributed by atoms with van der Waals surface area (Å²) in [5, 5.41) is 21.3. The van der Waals surface area contributed by atoms with E-state index in [1.165, 1.54) is 11.8 Å². The van der Waals surface area contributed by atoms with Crippen LogP contribution in [0, 0.1) is 11.3 Å². The van der Waals surface area contributed by atoms with Gasteiger partial charge < -0.3 is 9.88 Å². The van der Waals surface area contributed by atoms with E-state index in [2.05, 4.69) is 22.1 Å². The van der Waals surface area contributed by atoms with Gasteiger partial charge in [0.2, 0.25) is 0 Å². The van der Waals surface area contributed by atoms with Crippen LogP contribution in [0.25, 0.3) is 0 Å². The quantitative estimate of drug-likeness (QED) is 0.284. The Hall–Kier alpha value is -3.41. The standard InChI is InChI=1S/C23H20ClN5O2S/c1-3-12-29-21(15(2)26-22(31)18-8-10-19(24)11-9-18)27-28-23(29)32-14-20(30)17-6-4-16(13-25)5-7-17/h3-11,15H,1,12,14H2,2H3,(H,26,31)/t15-/m1/s1. The van der Waals surface area contributed by atoms with Crippen LogP contribution in [0.15, 0.2) is 66.3 Å². The first-order chi connectivity index (χ1) is 15.4. The van der Waals surface area contributed by atoms with Crippen LogP contribution in [-0.2, 0) is 6.54 Å². The van der Waals surface area contributed by atoms with E-state index in [-0.39, 0.29) is 17.4 Å². The van der Waals surface area contributed by atoms with Crippen molar-refractivity contribution in [2.24, 2.45) is 0 Å². The minimum atomic E-state index is -0.422. The third-order valence-corrected chi connectivity index (χ3v) is 5.79. The molecule has 0 aliphatic carbocycles. The van der Waals surface area contributed by atoms with Crippen molar-refractivity contribution >= 4 is 35.1 Å². The summed E-state index contributed by atoms with van der Waals surface area (Å²) in [7, 11) is 0. The molecule has 0 bridgehead atoms. The molecule has 0 fully saturated rings. The van der Waals surface area contributed by atoms with Gasteiger partial charge in [-0.05, 0) is 43.3 Å². The molecule has 0 unspecified atom stereocenters. The third-order valence-electron chi connectivity index (χ3n) is 4.57. The number of Topliss-reactive ketones (excluding diaryl/α,β-unsaturated/α-hetero) is 1. The molecule has 0 saturated heterocycles. The van der Waals surface area contributed by atoms with Gasteiger partial charge in [0, 0.05) is 22.7 Å². The second-order valence-corrected chi connectivity index (χ2v) is 8.22. The number of nitriles is 1. The normalized spacial score (nSPS) is 11.4. The largest absolute Gasteiger partial charge is 0.342 e. The molecule has 0 spiro atoms. The number of allylic oxidation sites excluding steroid dienone is 1. The maximum Gasteiger partial charge on any atom is 0.251 e. The number of hydrogen-bond donors (Lipinski definition) is 1. The molecular weight excluding hydrogens is 446 g/mol. The molecule has 32 heavy (non-hydrogen) atoms. The van der Waals surface area contributed by atoms with Crippen LogP contribution in [0.1, 0.15) is 45.1 Å². The molecule has 0 aliphatic heterocycles. The number of benzene rings is 2.